The van der Waals surface area contributed by atoms with Gasteiger partial charge in [-0.15, -0.1) is 0 Å². The van der Waals surface area contributed by atoms with E-state index in [9.17, 15) is 4.39 Å². The average molecular weight is 241 g/mol. The van der Waals surface area contributed by atoms with Crippen LogP contribution < -0.4 is 4.74 Å². The Bertz CT molecular complexity index is 584. The van der Waals surface area contributed by atoms with Crippen LogP contribution >= 0.6 is 0 Å². The predicted molar refractivity (Wildman–Crippen MR) is 67.7 cm³/mol. The van der Waals surface area contributed by atoms with Gasteiger partial charge in [-0.1, -0.05) is 12.1 Å². The van der Waals surface area contributed by atoms with Crippen LogP contribution in [0.25, 0.3) is 11.1 Å². The van der Waals surface area contributed by atoms with Crippen molar-refractivity contribution in [3.05, 3.63) is 53.8 Å². The fourth-order valence-corrected chi connectivity index (χ4v) is 1.71. The van der Waals surface area contributed by atoms with E-state index in [0.29, 0.717) is 23.5 Å². The van der Waals surface area contributed by atoms with E-state index in [4.69, 9.17) is 10.00 Å². The molecule has 2 aromatic carbocycles. The minimum absolute atomic E-state index is 0.328. The Morgan fingerprint density at radius 3 is 2.44 bits per heavy atom. The first-order valence-corrected chi connectivity index (χ1v) is 5.67. The standard InChI is InChI=1S/C15H12FNO/c1-2-18-13-7-8-14(15(16)9-13)12-5-3-11(10-17)4-6-12/h3-9H,2H2,1H3. The molecule has 0 N–H and O–H groups in total. The Kier molecular flexibility index (Phi) is 3.59. The molecule has 0 aliphatic heterocycles. The van der Waals surface area contributed by atoms with E-state index in [1.807, 2.05) is 13.0 Å². The van der Waals surface area contributed by atoms with Crippen molar-refractivity contribution in [2.75, 3.05) is 6.61 Å². The molecule has 0 aliphatic rings. The second kappa shape index (κ2) is 5.33. The summed E-state index contributed by atoms with van der Waals surface area (Å²) in [4.78, 5) is 0. The number of hydrogen-bond acceptors (Lipinski definition) is 2. The van der Waals surface area contributed by atoms with Crippen LogP contribution in [-0.2, 0) is 0 Å². The Labute approximate surface area is 105 Å². The van der Waals surface area contributed by atoms with Crippen LogP contribution in [0.3, 0.4) is 0 Å². The summed E-state index contributed by atoms with van der Waals surface area (Å²) >= 11 is 0. The summed E-state index contributed by atoms with van der Waals surface area (Å²) in [7, 11) is 0. The number of benzene rings is 2. The second-order valence-electron chi connectivity index (χ2n) is 3.76. The molecular weight excluding hydrogens is 229 g/mol. The molecule has 2 rings (SSSR count). The lowest BCUT2D eigenvalue weighted by molar-refractivity contribution is 0.338. The van der Waals surface area contributed by atoms with E-state index in [-0.39, 0.29) is 5.82 Å². The molecule has 0 heterocycles. The number of nitriles is 1. The van der Waals surface area contributed by atoms with E-state index in [2.05, 4.69) is 0 Å². The third-order valence-electron chi connectivity index (χ3n) is 2.58. The normalized spacial score (nSPS) is 9.83. The van der Waals surface area contributed by atoms with Gasteiger partial charge in [-0.2, -0.15) is 5.26 Å². The van der Waals surface area contributed by atoms with Crippen molar-refractivity contribution in [2.45, 2.75) is 6.92 Å². The number of nitrogens with zero attached hydrogens (tertiary/aromatic N) is 1. The van der Waals surface area contributed by atoms with Gasteiger partial charge in [0.1, 0.15) is 11.6 Å². The van der Waals surface area contributed by atoms with Crippen molar-refractivity contribution in [3.63, 3.8) is 0 Å². The zero-order chi connectivity index (χ0) is 13.0. The molecule has 0 bridgehead atoms. The molecular formula is C15H12FNO. The van der Waals surface area contributed by atoms with Gasteiger partial charge in [-0.3, -0.25) is 0 Å². The van der Waals surface area contributed by atoms with Crippen LogP contribution in [0.1, 0.15) is 12.5 Å². The molecule has 0 fully saturated rings. The molecule has 0 saturated carbocycles. The summed E-state index contributed by atoms with van der Waals surface area (Å²) in [5.74, 6) is 0.193. The van der Waals surface area contributed by atoms with Crippen LogP contribution in [0.2, 0.25) is 0 Å². The molecule has 3 heteroatoms. The van der Waals surface area contributed by atoms with Crippen LogP contribution in [0.5, 0.6) is 5.75 Å². The highest BCUT2D eigenvalue weighted by Crippen LogP contribution is 2.26. The summed E-state index contributed by atoms with van der Waals surface area (Å²) in [6.07, 6.45) is 0. The topological polar surface area (TPSA) is 33.0 Å². The van der Waals surface area contributed by atoms with Crippen molar-refractivity contribution in [3.8, 4) is 22.9 Å². The minimum atomic E-state index is -0.328. The van der Waals surface area contributed by atoms with Crippen LogP contribution in [0.4, 0.5) is 4.39 Å². The van der Waals surface area contributed by atoms with Gasteiger partial charge in [0, 0.05) is 11.6 Å². The summed E-state index contributed by atoms with van der Waals surface area (Å²) < 4.78 is 19.1. The van der Waals surface area contributed by atoms with Crippen LogP contribution in [0, 0.1) is 17.1 Å². The highest BCUT2D eigenvalue weighted by Gasteiger charge is 2.06. The highest BCUT2D eigenvalue weighted by atomic mass is 19.1. The van der Waals surface area contributed by atoms with E-state index in [1.54, 1.807) is 36.4 Å². The molecule has 2 aromatic rings. The van der Waals surface area contributed by atoms with Crippen molar-refractivity contribution < 1.29 is 9.13 Å². The zero-order valence-corrected chi connectivity index (χ0v) is 9.98. The number of hydrogen-bond donors (Lipinski definition) is 0. The van der Waals surface area contributed by atoms with Gasteiger partial charge in [0.15, 0.2) is 0 Å². The average Bonchev–Trinajstić information content (AvgIpc) is 2.40. The summed E-state index contributed by atoms with van der Waals surface area (Å²) in [6.45, 7) is 2.36. The first-order chi connectivity index (χ1) is 8.74. The molecule has 0 aliphatic carbocycles. The lowest BCUT2D eigenvalue weighted by atomic mass is 10.0. The summed E-state index contributed by atoms with van der Waals surface area (Å²) in [5.41, 5.74) is 1.81. The molecule has 0 spiro atoms. The fourth-order valence-electron chi connectivity index (χ4n) is 1.71. The van der Waals surface area contributed by atoms with Crippen LogP contribution in [0.15, 0.2) is 42.5 Å². The Morgan fingerprint density at radius 2 is 1.89 bits per heavy atom. The maximum absolute atomic E-state index is 13.9. The molecule has 18 heavy (non-hydrogen) atoms. The SMILES string of the molecule is CCOc1ccc(-c2ccc(C#N)cc2)c(F)c1. The number of rotatable bonds is 3. The Morgan fingerprint density at radius 1 is 1.17 bits per heavy atom. The zero-order valence-electron chi connectivity index (χ0n) is 9.98. The third kappa shape index (κ3) is 2.49. The molecule has 2 nitrogen and oxygen atoms in total. The smallest absolute Gasteiger partial charge is 0.134 e. The van der Waals surface area contributed by atoms with Gasteiger partial charge in [0.25, 0.3) is 0 Å². The summed E-state index contributed by atoms with van der Waals surface area (Å²) in [5, 5.41) is 8.71. The maximum Gasteiger partial charge on any atom is 0.134 e. The molecule has 0 amide bonds. The Balaban J connectivity index is 2.35. The third-order valence-corrected chi connectivity index (χ3v) is 2.58. The summed E-state index contributed by atoms with van der Waals surface area (Å²) in [6, 6.07) is 13.6. The fraction of sp³-hybridized carbons (Fsp3) is 0.133. The van der Waals surface area contributed by atoms with Crippen molar-refractivity contribution in [2.24, 2.45) is 0 Å². The monoisotopic (exact) mass is 241 g/mol. The van der Waals surface area contributed by atoms with Gasteiger partial charge >= 0.3 is 0 Å². The first-order valence-electron chi connectivity index (χ1n) is 5.67. The van der Waals surface area contributed by atoms with Gasteiger partial charge < -0.3 is 4.74 Å². The quantitative estimate of drug-likeness (QED) is 0.819. The van der Waals surface area contributed by atoms with E-state index in [0.717, 1.165) is 5.56 Å². The van der Waals surface area contributed by atoms with E-state index in [1.165, 1.54) is 6.07 Å². The van der Waals surface area contributed by atoms with Gasteiger partial charge in [-0.25, -0.2) is 4.39 Å². The predicted octanol–water partition coefficient (Wildman–Crippen LogP) is 3.76. The molecule has 0 atom stereocenters. The molecule has 0 aromatic heterocycles. The minimum Gasteiger partial charge on any atom is -0.494 e. The second-order valence-corrected chi connectivity index (χ2v) is 3.76. The highest BCUT2D eigenvalue weighted by molar-refractivity contribution is 5.65. The van der Waals surface area contributed by atoms with Crippen molar-refractivity contribution in [1.29, 1.82) is 5.26 Å². The van der Waals surface area contributed by atoms with Gasteiger partial charge in [-0.05, 0) is 36.8 Å². The van der Waals surface area contributed by atoms with Crippen LogP contribution in [-0.4, -0.2) is 6.61 Å². The van der Waals surface area contributed by atoms with Gasteiger partial charge in [0.05, 0.1) is 18.2 Å². The lowest BCUT2D eigenvalue weighted by Crippen LogP contribution is -1.93. The van der Waals surface area contributed by atoms with Crippen molar-refractivity contribution in [1.82, 2.24) is 0 Å². The van der Waals surface area contributed by atoms with Gasteiger partial charge in [0.2, 0.25) is 0 Å². The molecule has 0 radical (unpaired) electrons. The Hall–Kier alpha value is -2.34. The van der Waals surface area contributed by atoms with Crippen molar-refractivity contribution >= 4 is 0 Å². The molecule has 0 saturated heterocycles. The largest absolute Gasteiger partial charge is 0.494 e. The molecule has 0 unspecified atom stereocenters. The number of ether oxygens (including phenoxy) is 1. The van der Waals surface area contributed by atoms with E-state index >= 15 is 0 Å². The van der Waals surface area contributed by atoms with E-state index < -0.39 is 0 Å². The molecule has 90 valence electrons. The lowest BCUT2D eigenvalue weighted by Gasteiger charge is -2.07. The maximum atomic E-state index is 13.9. The number of halogens is 1. The first kappa shape index (κ1) is 12.1.